The summed E-state index contributed by atoms with van der Waals surface area (Å²) in [6.45, 7) is 3.29. The van der Waals surface area contributed by atoms with Crippen molar-refractivity contribution in [2.75, 3.05) is 24.6 Å². The molecule has 0 bridgehead atoms. The maximum atomic E-state index is 13.1. The third kappa shape index (κ3) is 3.56. The number of hydrogen-bond donors (Lipinski definition) is 0. The summed E-state index contributed by atoms with van der Waals surface area (Å²) in [4.78, 5) is 39.9. The van der Waals surface area contributed by atoms with Gasteiger partial charge in [0.1, 0.15) is 5.82 Å². The molecule has 1 atom stereocenters. The van der Waals surface area contributed by atoms with Crippen LogP contribution in [0.4, 0.5) is 10.1 Å². The van der Waals surface area contributed by atoms with Crippen LogP contribution in [-0.2, 0) is 19.1 Å². The predicted octanol–water partition coefficient (Wildman–Crippen LogP) is 1.73. The first kappa shape index (κ1) is 17.5. The first-order chi connectivity index (χ1) is 12.0. The first-order valence-electron chi connectivity index (χ1n) is 8.54. The molecule has 2 saturated heterocycles. The van der Waals surface area contributed by atoms with E-state index >= 15 is 0 Å². The van der Waals surface area contributed by atoms with Gasteiger partial charge in [-0.2, -0.15) is 0 Å². The Morgan fingerprint density at radius 1 is 1.20 bits per heavy atom. The minimum atomic E-state index is -0.513. The van der Waals surface area contributed by atoms with Crippen LogP contribution in [0.5, 0.6) is 0 Å². The van der Waals surface area contributed by atoms with Crippen LogP contribution in [-0.4, -0.2) is 48.4 Å². The Labute approximate surface area is 145 Å². The molecule has 1 aromatic carbocycles. The standard InChI is InChI=1S/C18H21FN2O4/c1-2-25-18(24)12-7-9-20(10-8-12)15-11-16(22)21(17(15)23)14-5-3-13(19)4-6-14/h3-6,12,15H,2,7-11H2,1H3/t15-/m0/s1. The largest absolute Gasteiger partial charge is 0.466 e. The molecule has 0 aromatic heterocycles. The Hall–Kier alpha value is -2.28. The van der Waals surface area contributed by atoms with E-state index in [1.54, 1.807) is 6.92 Å². The molecule has 2 heterocycles. The summed E-state index contributed by atoms with van der Waals surface area (Å²) < 4.78 is 18.1. The fourth-order valence-corrected chi connectivity index (χ4v) is 3.47. The number of amides is 2. The van der Waals surface area contributed by atoms with E-state index in [9.17, 15) is 18.8 Å². The number of esters is 1. The monoisotopic (exact) mass is 348 g/mol. The second-order valence-electron chi connectivity index (χ2n) is 6.33. The number of carbonyl (C=O) groups excluding carboxylic acids is 3. The highest BCUT2D eigenvalue weighted by Gasteiger charge is 2.44. The summed E-state index contributed by atoms with van der Waals surface area (Å²) in [5.41, 5.74) is 0.389. The molecule has 2 aliphatic heterocycles. The Kier molecular flexibility index (Phi) is 5.13. The third-order valence-electron chi connectivity index (χ3n) is 4.80. The number of anilines is 1. The Morgan fingerprint density at radius 3 is 2.44 bits per heavy atom. The average Bonchev–Trinajstić information content (AvgIpc) is 2.91. The molecule has 0 unspecified atom stereocenters. The molecule has 0 aliphatic carbocycles. The molecule has 2 fully saturated rings. The molecule has 0 N–H and O–H groups in total. The van der Waals surface area contributed by atoms with E-state index in [1.165, 1.54) is 24.3 Å². The van der Waals surface area contributed by atoms with Crippen LogP contribution in [0.25, 0.3) is 0 Å². The summed E-state index contributed by atoms with van der Waals surface area (Å²) in [6, 6.07) is 4.81. The summed E-state index contributed by atoms with van der Waals surface area (Å²) in [5.74, 6) is -1.32. The van der Waals surface area contributed by atoms with E-state index < -0.39 is 11.9 Å². The van der Waals surface area contributed by atoms with Crippen molar-refractivity contribution in [3.63, 3.8) is 0 Å². The topological polar surface area (TPSA) is 66.9 Å². The summed E-state index contributed by atoms with van der Waals surface area (Å²) in [7, 11) is 0. The van der Waals surface area contributed by atoms with Crippen molar-refractivity contribution >= 4 is 23.5 Å². The van der Waals surface area contributed by atoms with Crippen molar-refractivity contribution in [2.24, 2.45) is 5.92 Å². The number of hydrogen-bond acceptors (Lipinski definition) is 5. The van der Waals surface area contributed by atoms with Gasteiger partial charge in [0.05, 0.1) is 30.7 Å². The van der Waals surface area contributed by atoms with E-state index in [-0.39, 0.29) is 30.1 Å². The first-order valence-corrected chi connectivity index (χ1v) is 8.54. The Morgan fingerprint density at radius 2 is 1.84 bits per heavy atom. The van der Waals surface area contributed by atoms with Gasteiger partial charge in [-0.3, -0.25) is 19.3 Å². The molecule has 3 rings (SSSR count). The number of likely N-dealkylation sites (tertiary alicyclic amines) is 1. The maximum absolute atomic E-state index is 13.1. The highest BCUT2D eigenvalue weighted by atomic mass is 19.1. The summed E-state index contributed by atoms with van der Waals surface area (Å²) in [6.07, 6.45) is 1.35. The summed E-state index contributed by atoms with van der Waals surface area (Å²) >= 11 is 0. The van der Waals surface area contributed by atoms with Crippen molar-refractivity contribution in [1.29, 1.82) is 0 Å². The van der Waals surface area contributed by atoms with Crippen LogP contribution < -0.4 is 4.90 Å². The van der Waals surface area contributed by atoms with E-state index in [4.69, 9.17) is 4.74 Å². The van der Waals surface area contributed by atoms with Gasteiger partial charge >= 0.3 is 5.97 Å². The van der Waals surface area contributed by atoms with Gasteiger partial charge < -0.3 is 4.74 Å². The van der Waals surface area contributed by atoms with Gasteiger partial charge in [-0.05, 0) is 57.1 Å². The number of nitrogens with zero attached hydrogens (tertiary/aromatic N) is 2. The molecule has 2 aliphatic rings. The highest BCUT2D eigenvalue weighted by molar-refractivity contribution is 6.22. The molecule has 0 saturated carbocycles. The molecule has 1 aromatic rings. The number of rotatable bonds is 4. The predicted molar refractivity (Wildman–Crippen MR) is 88.2 cm³/mol. The maximum Gasteiger partial charge on any atom is 0.309 e. The molecular weight excluding hydrogens is 327 g/mol. The zero-order chi connectivity index (χ0) is 18.0. The number of piperidine rings is 1. The molecule has 0 spiro atoms. The lowest BCUT2D eigenvalue weighted by Gasteiger charge is -2.33. The van der Waals surface area contributed by atoms with Gasteiger partial charge in [0, 0.05) is 0 Å². The zero-order valence-corrected chi connectivity index (χ0v) is 14.1. The Balaban J connectivity index is 1.65. The van der Waals surface area contributed by atoms with Crippen molar-refractivity contribution < 1.29 is 23.5 Å². The molecular formula is C18H21FN2O4. The van der Waals surface area contributed by atoms with E-state index in [0.717, 1.165) is 4.90 Å². The SMILES string of the molecule is CCOC(=O)C1CCN([C@H]2CC(=O)N(c3ccc(F)cc3)C2=O)CC1. The van der Waals surface area contributed by atoms with Crippen molar-refractivity contribution in [1.82, 2.24) is 4.90 Å². The number of carbonyl (C=O) groups is 3. The van der Waals surface area contributed by atoms with E-state index in [0.29, 0.717) is 38.2 Å². The lowest BCUT2D eigenvalue weighted by Crippen LogP contribution is -2.47. The minimum absolute atomic E-state index is 0.111. The molecule has 25 heavy (non-hydrogen) atoms. The van der Waals surface area contributed by atoms with Crippen LogP contribution in [0.15, 0.2) is 24.3 Å². The normalized spacial score (nSPS) is 22.5. The molecule has 134 valence electrons. The quantitative estimate of drug-likeness (QED) is 0.612. The molecule has 2 amide bonds. The second-order valence-corrected chi connectivity index (χ2v) is 6.33. The number of halogens is 1. The number of ether oxygens (including phenoxy) is 1. The fraction of sp³-hybridized carbons (Fsp3) is 0.500. The fourth-order valence-electron chi connectivity index (χ4n) is 3.47. The van der Waals surface area contributed by atoms with Crippen LogP contribution in [0.3, 0.4) is 0 Å². The van der Waals surface area contributed by atoms with Crippen LogP contribution >= 0.6 is 0 Å². The third-order valence-corrected chi connectivity index (χ3v) is 4.80. The van der Waals surface area contributed by atoms with Crippen molar-refractivity contribution in [3.8, 4) is 0 Å². The van der Waals surface area contributed by atoms with Gasteiger partial charge in [0.25, 0.3) is 5.91 Å². The van der Waals surface area contributed by atoms with Gasteiger partial charge in [0.2, 0.25) is 5.91 Å². The number of benzene rings is 1. The zero-order valence-electron chi connectivity index (χ0n) is 14.1. The van der Waals surface area contributed by atoms with E-state index in [2.05, 4.69) is 0 Å². The molecule has 6 nitrogen and oxygen atoms in total. The highest BCUT2D eigenvalue weighted by Crippen LogP contribution is 2.29. The lowest BCUT2D eigenvalue weighted by atomic mass is 9.95. The van der Waals surface area contributed by atoms with Gasteiger partial charge in [-0.1, -0.05) is 0 Å². The lowest BCUT2D eigenvalue weighted by molar-refractivity contribution is -0.149. The molecule has 7 heteroatoms. The van der Waals surface area contributed by atoms with Gasteiger partial charge in [0.15, 0.2) is 0 Å². The van der Waals surface area contributed by atoms with Crippen LogP contribution in [0, 0.1) is 11.7 Å². The van der Waals surface area contributed by atoms with E-state index in [1.807, 2.05) is 4.90 Å². The average molecular weight is 348 g/mol. The van der Waals surface area contributed by atoms with Gasteiger partial charge in [-0.15, -0.1) is 0 Å². The van der Waals surface area contributed by atoms with Crippen molar-refractivity contribution in [2.45, 2.75) is 32.2 Å². The van der Waals surface area contributed by atoms with Crippen molar-refractivity contribution in [3.05, 3.63) is 30.1 Å². The van der Waals surface area contributed by atoms with Gasteiger partial charge in [-0.25, -0.2) is 9.29 Å². The van der Waals surface area contributed by atoms with Crippen LogP contribution in [0.2, 0.25) is 0 Å². The Bertz CT molecular complexity index is 668. The molecule has 0 radical (unpaired) electrons. The smallest absolute Gasteiger partial charge is 0.309 e. The summed E-state index contributed by atoms with van der Waals surface area (Å²) in [5, 5.41) is 0. The minimum Gasteiger partial charge on any atom is -0.466 e. The number of imide groups is 1. The second kappa shape index (κ2) is 7.31. The van der Waals surface area contributed by atoms with Crippen LogP contribution in [0.1, 0.15) is 26.2 Å².